The highest BCUT2D eigenvalue weighted by Crippen LogP contribution is 2.45. The lowest BCUT2D eigenvalue weighted by molar-refractivity contribution is -0.137. The van der Waals surface area contributed by atoms with E-state index in [1.165, 1.54) is 45.5 Å². The number of fused-ring (bicyclic) bond motifs is 1. The largest absolute Gasteiger partial charge is 0.493 e. The first-order valence-electron chi connectivity index (χ1n) is 10.7. The summed E-state index contributed by atoms with van der Waals surface area (Å²) in [5.41, 5.74) is 1.31. The molecule has 0 radical (unpaired) electrons. The number of ether oxygens (including phenoxy) is 4. The van der Waals surface area contributed by atoms with Gasteiger partial charge in [0.1, 0.15) is 0 Å². The Bertz CT molecular complexity index is 1260. The number of amides is 1. The van der Waals surface area contributed by atoms with Gasteiger partial charge in [-0.3, -0.25) is 4.79 Å². The summed E-state index contributed by atoms with van der Waals surface area (Å²) in [7, 11) is 5.98. The molecule has 184 valence electrons. The van der Waals surface area contributed by atoms with Crippen LogP contribution in [0.5, 0.6) is 23.0 Å². The van der Waals surface area contributed by atoms with Crippen molar-refractivity contribution >= 4 is 11.6 Å². The Labute approximate surface area is 200 Å². The second-order valence-corrected chi connectivity index (χ2v) is 7.91. The molecule has 0 saturated carbocycles. The van der Waals surface area contributed by atoms with Gasteiger partial charge in [0.25, 0.3) is 0 Å². The monoisotopic (exact) mass is 487 g/mol. The molecule has 0 bridgehead atoms. The van der Waals surface area contributed by atoms with Crippen LogP contribution in [0.3, 0.4) is 0 Å². The van der Waals surface area contributed by atoms with Gasteiger partial charge in [-0.05, 0) is 59.2 Å². The highest BCUT2D eigenvalue weighted by molar-refractivity contribution is 5.98. The van der Waals surface area contributed by atoms with E-state index in [1.807, 2.05) is 0 Å². The van der Waals surface area contributed by atoms with Crippen molar-refractivity contribution in [3.05, 3.63) is 76.9 Å². The van der Waals surface area contributed by atoms with Gasteiger partial charge >= 0.3 is 6.18 Å². The molecule has 0 spiro atoms. The predicted octanol–water partition coefficient (Wildman–Crippen LogP) is 5.42. The van der Waals surface area contributed by atoms with Crippen LogP contribution in [0.15, 0.2) is 54.6 Å². The number of anilines is 1. The Hall–Kier alpha value is -3.88. The van der Waals surface area contributed by atoms with Gasteiger partial charge in [-0.2, -0.15) is 13.2 Å². The zero-order chi connectivity index (χ0) is 25.3. The van der Waals surface area contributed by atoms with Gasteiger partial charge in [0.05, 0.1) is 46.5 Å². The fourth-order valence-corrected chi connectivity index (χ4v) is 4.35. The van der Waals surface area contributed by atoms with Crippen molar-refractivity contribution < 1.29 is 36.9 Å². The number of halogens is 3. The maximum absolute atomic E-state index is 13.5. The van der Waals surface area contributed by atoms with E-state index in [4.69, 9.17) is 18.9 Å². The third-order valence-corrected chi connectivity index (χ3v) is 5.98. The number of methoxy groups -OCH3 is 4. The molecule has 6 nitrogen and oxygen atoms in total. The van der Waals surface area contributed by atoms with Gasteiger partial charge in [0.15, 0.2) is 23.0 Å². The summed E-state index contributed by atoms with van der Waals surface area (Å²) in [4.78, 5) is 14.8. The molecular formula is C26H24F3NO5. The number of hydrogen-bond donors (Lipinski definition) is 0. The van der Waals surface area contributed by atoms with E-state index in [0.29, 0.717) is 39.7 Å². The van der Waals surface area contributed by atoms with Crippen LogP contribution in [0, 0.1) is 0 Å². The zero-order valence-corrected chi connectivity index (χ0v) is 19.6. The van der Waals surface area contributed by atoms with Gasteiger partial charge in [-0.15, -0.1) is 0 Å². The Morgan fingerprint density at radius 2 is 1.43 bits per heavy atom. The van der Waals surface area contributed by atoms with E-state index in [-0.39, 0.29) is 18.0 Å². The molecule has 3 aromatic rings. The van der Waals surface area contributed by atoms with Crippen molar-refractivity contribution in [2.45, 2.75) is 18.6 Å². The Kier molecular flexibility index (Phi) is 6.51. The number of carbonyl (C=O) groups excluding carboxylic acids is 1. The summed E-state index contributed by atoms with van der Waals surface area (Å²) >= 11 is 0. The smallest absolute Gasteiger partial charge is 0.416 e. The molecule has 0 aromatic heterocycles. The van der Waals surface area contributed by atoms with Crippen LogP contribution in [0.4, 0.5) is 18.9 Å². The molecule has 35 heavy (non-hydrogen) atoms. The fourth-order valence-electron chi connectivity index (χ4n) is 4.35. The summed E-state index contributed by atoms with van der Waals surface area (Å²) in [6.45, 7) is 0. The van der Waals surface area contributed by atoms with E-state index in [2.05, 4.69) is 0 Å². The summed E-state index contributed by atoms with van der Waals surface area (Å²) in [6, 6.07) is 12.6. The molecule has 1 heterocycles. The van der Waals surface area contributed by atoms with E-state index < -0.39 is 17.8 Å². The second kappa shape index (κ2) is 9.40. The third-order valence-electron chi connectivity index (χ3n) is 5.98. The first-order valence-corrected chi connectivity index (χ1v) is 10.7. The molecule has 0 fully saturated rings. The van der Waals surface area contributed by atoms with Crippen LogP contribution < -0.4 is 23.8 Å². The summed E-state index contributed by atoms with van der Waals surface area (Å²) in [5, 5.41) is 0. The SMILES string of the molecule is COc1ccc(C2c3cc(OC)c(OC)cc3CC(=O)N2c2cccc(C(F)(F)F)c2)cc1OC. The van der Waals surface area contributed by atoms with Gasteiger partial charge in [0.2, 0.25) is 5.91 Å². The molecule has 1 aliphatic heterocycles. The Morgan fingerprint density at radius 1 is 0.800 bits per heavy atom. The fraction of sp³-hybridized carbons (Fsp3) is 0.269. The topological polar surface area (TPSA) is 57.2 Å². The molecule has 0 saturated heterocycles. The molecule has 9 heteroatoms. The number of rotatable bonds is 6. The molecule has 0 aliphatic carbocycles. The molecule has 4 rings (SSSR count). The molecule has 1 aliphatic rings. The quantitative estimate of drug-likeness (QED) is 0.465. The third kappa shape index (κ3) is 4.45. The van der Waals surface area contributed by atoms with Gasteiger partial charge in [-0.25, -0.2) is 0 Å². The van der Waals surface area contributed by atoms with Crippen LogP contribution in [0.2, 0.25) is 0 Å². The van der Waals surface area contributed by atoms with Crippen molar-refractivity contribution in [3.63, 3.8) is 0 Å². The predicted molar refractivity (Wildman–Crippen MR) is 124 cm³/mol. The molecule has 3 aromatic carbocycles. The van der Waals surface area contributed by atoms with Crippen LogP contribution >= 0.6 is 0 Å². The number of benzene rings is 3. The maximum atomic E-state index is 13.5. The number of alkyl halides is 3. The molecule has 1 unspecified atom stereocenters. The van der Waals surface area contributed by atoms with Crippen LogP contribution in [0.25, 0.3) is 0 Å². The summed E-state index contributed by atoms with van der Waals surface area (Å²) < 4.78 is 62.1. The minimum absolute atomic E-state index is 0.0181. The Balaban J connectivity index is 1.97. The number of hydrogen-bond acceptors (Lipinski definition) is 5. The minimum atomic E-state index is -4.55. The van der Waals surface area contributed by atoms with Crippen molar-refractivity contribution in [1.29, 1.82) is 0 Å². The van der Waals surface area contributed by atoms with E-state index in [0.717, 1.165) is 12.1 Å². The van der Waals surface area contributed by atoms with Crippen molar-refractivity contribution in [3.8, 4) is 23.0 Å². The van der Waals surface area contributed by atoms with Crippen LogP contribution in [-0.4, -0.2) is 34.3 Å². The van der Waals surface area contributed by atoms with Crippen molar-refractivity contribution in [2.75, 3.05) is 33.3 Å². The molecular weight excluding hydrogens is 463 g/mol. The lowest BCUT2D eigenvalue weighted by Crippen LogP contribution is -2.41. The average Bonchev–Trinajstić information content (AvgIpc) is 2.86. The number of carbonyl (C=O) groups is 1. The van der Waals surface area contributed by atoms with Crippen LogP contribution in [-0.2, 0) is 17.4 Å². The first kappa shape index (κ1) is 24.3. The lowest BCUT2D eigenvalue weighted by atomic mass is 9.86. The summed E-state index contributed by atoms with van der Waals surface area (Å²) in [6.07, 6.45) is -4.57. The summed E-state index contributed by atoms with van der Waals surface area (Å²) in [5.74, 6) is 1.45. The highest BCUT2D eigenvalue weighted by Gasteiger charge is 2.38. The standard InChI is InChI=1S/C26H24F3NO5/c1-32-20-9-8-15(10-21(20)33-2)25-19-14-23(35-4)22(34-3)11-16(19)12-24(31)30(25)18-7-5-6-17(13-18)26(27,28)29/h5-11,13-14,25H,12H2,1-4H3. The first-order chi connectivity index (χ1) is 16.7. The molecule has 0 N–H and O–H groups in total. The average molecular weight is 487 g/mol. The van der Waals surface area contributed by atoms with E-state index in [9.17, 15) is 18.0 Å². The van der Waals surface area contributed by atoms with E-state index >= 15 is 0 Å². The van der Waals surface area contributed by atoms with E-state index in [1.54, 1.807) is 30.3 Å². The lowest BCUT2D eigenvalue weighted by Gasteiger charge is -2.38. The van der Waals surface area contributed by atoms with Crippen molar-refractivity contribution in [1.82, 2.24) is 0 Å². The molecule has 1 atom stereocenters. The number of nitrogens with zero attached hydrogens (tertiary/aromatic N) is 1. The van der Waals surface area contributed by atoms with Crippen molar-refractivity contribution in [2.24, 2.45) is 0 Å². The highest BCUT2D eigenvalue weighted by atomic mass is 19.4. The molecule has 1 amide bonds. The van der Waals surface area contributed by atoms with Crippen LogP contribution in [0.1, 0.15) is 28.3 Å². The van der Waals surface area contributed by atoms with Gasteiger partial charge in [0, 0.05) is 5.69 Å². The Morgan fingerprint density at radius 3 is 2.06 bits per heavy atom. The van der Waals surface area contributed by atoms with Gasteiger partial charge < -0.3 is 23.8 Å². The normalized spacial score (nSPS) is 15.5. The maximum Gasteiger partial charge on any atom is 0.416 e. The second-order valence-electron chi connectivity index (χ2n) is 7.91. The van der Waals surface area contributed by atoms with Gasteiger partial charge in [-0.1, -0.05) is 12.1 Å². The minimum Gasteiger partial charge on any atom is -0.493 e. The zero-order valence-electron chi connectivity index (χ0n) is 19.6.